The first-order valence-corrected chi connectivity index (χ1v) is 6.10. The Morgan fingerprint density at radius 2 is 2.17 bits per heavy atom. The Bertz CT molecular complexity index is 439. The number of methoxy groups -OCH3 is 1. The molecule has 0 bridgehead atoms. The van der Waals surface area contributed by atoms with E-state index in [9.17, 15) is 9.90 Å². The minimum absolute atomic E-state index is 0.317. The summed E-state index contributed by atoms with van der Waals surface area (Å²) in [5, 5.41) is 13.1. The lowest BCUT2D eigenvalue weighted by Crippen LogP contribution is -2.48. The van der Waals surface area contributed by atoms with Gasteiger partial charge in [-0.15, -0.1) is 0 Å². The average molecular weight is 292 g/mol. The monoisotopic (exact) mass is 291 g/mol. The molecule has 100 valence electrons. The van der Waals surface area contributed by atoms with Crippen LogP contribution in [0.4, 0.5) is 0 Å². The van der Waals surface area contributed by atoms with Crippen LogP contribution in [0.2, 0.25) is 10.0 Å². The van der Waals surface area contributed by atoms with Crippen LogP contribution in [-0.4, -0.2) is 31.3 Å². The van der Waals surface area contributed by atoms with Gasteiger partial charge in [-0.05, 0) is 19.1 Å². The van der Waals surface area contributed by atoms with Gasteiger partial charge in [0.1, 0.15) is 5.54 Å². The molecule has 6 heteroatoms. The number of hydrogen-bond acceptors (Lipinski definition) is 3. The fourth-order valence-electron chi connectivity index (χ4n) is 1.58. The molecule has 1 atom stereocenters. The van der Waals surface area contributed by atoms with Crippen LogP contribution >= 0.6 is 23.2 Å². The first-order valence-electron chi connectivity index (χ1n) is 5.34. The molecule has 0 aromatic heterocycles. The molecule has 4 nitrogen and oxygen atoms in total. The number of rotatable bonds is 6. The highest BCUT2D eigenvalue weighted by atomic mass is 35.5. The van der Waals surface area contributed by atoms with E-state index in [-0.39, 0.29) is 0 Å². The van der Waals surface area contributed by atoms with E-state index in [2.05, 4.69) is 5.32 Å². The number of carbonyl (C=O) groups is 1. The van der Waals surface area contributed by atoms with Crippen molar-refractivity contribution in [1.29, 1.82) is 0 Å². The highest BCUT2D eigenvalue weighted by Crippen LogP contribution is 2.30. The highest BCUT2D eigenvalue weighted by Gasteiger charge is 2.36. The lowest BCUT2D eigenvalue weighted by molar-refractivity contribution is -0.144. The molecule has 0 aliphatic carbocycles. The Kier molecular flexibility index (Phi) is 5.41. The summed E-state index contributed by atoms with van der Waals surface area (Å²) in [5.41, 5.74) is -0.808. The number of hydrogen-bond donors (Lipinski definition) is 2. The fourth-order valence-corrected chi connectivity index (χ4v) is 2.18. The summed E-state index contributed by atoms with van der Waals surface area (Å²) in [6.07, 6.45) is 0. The van der Waals surface area contributed by atoms with Gasteiger partial charge in [0.2, 0.25) is 0 Å². The number of benzene rings is 1. The Labute approximate surface area is 116 Å². The van der Waals surface area contributed by atoms with Crippen LogP contribution in [0, 0.1) is 0 Å². The molecular formula is C12H15Cl2NO3. The summed E-state index contributed by atoms with van der Waals surface area (Å²) < 4.78 is 4.89. The third kappa shape index (κ3) is 3.36. The number of nitrogens with one attached hydrogen (secondary N) is 1. The quantitative estimate of drug-likeness (QED) is 0.791. The molecule has 0 spiro atoms. The van der Waals surface area contributed by atoms with Gasteiger partial charge in [-0.3, -0.25) is 5.32 Å². The summed E-state index contributed by atoms with van der Waals surface area (Å²) in [6.45, 7) is 2.37. The van der Waals surface area contributed by atoms with Gasteiger partial charge in [0.15, 0.2) is 0 Å². The van der Waals surface area contributed by atoms with Gasteiger partial charge in [0, 0.05) is 29.3 Å². The Hall–Kier alpha value is -0.810. The van der Waals surface area contributed by atoms with Crippen LogP contribution in [0.1, 0.15) is 12.5 Å². The van der Waals surface area contributed by atoms with Crippen molar-refractivity contribution in [3.8, 4) is 0 Å². The molecule has 0 saturated heterocycles. The molecule has 0 amide bonds. The molecule has 0 aliphatic rings. The van der Waals surface area contributed by atoms with E-state index in [1.54, 1.807) is 26.2 Å². The molecule has 0 fully saturated rings. The predicted octanol–water partition coefficient (Wildman–Crippen LogP) is 2.53. The SMILES string of the molecule is COCCNC(C)(C(=O)O)c1ccc(Cl)cc1Cl. The molecule has 1 unspecified atom stereocenters. The number of aliphatic carboxylic acids is 1. The zero-order valence-electron chi connectivity index (χ0n) is 10.2. The van der Waals surface area contributed by atoms with Gasteiger partial charge >= 0.3 is 5.97 Å². The smallest absolute Gasteiger partial charge is 0.328 e. The summed E-state index contributed by atoms with van der Waals surface area (Å²) in [4.78, 5) is 11.5. The van der Waals surface area contributed by atoms with Gasteiger partial charge in [0.25, 0.3) is 0 Å². The number of halogens is 2. The Morgan fingerprint density at radius 1 is 1.50 bits per heavy atom. The maximum Gasteiger partial charge on any atom is 0.328 e. The van der Waals surface area contributed by atoms with Crippen molar-refractivity contribution in [2.75, 3.05) is 20.3 Å². The van der Waals surface area contributed by atoms with Crippen LogP contribution in [0.5, 0.6) is 0 Å². The molecule has 1 aromatic rings. The van der Waals surface area contributed by atoms with E-state index in [0.29, 0.717) is 28.8 Å². The third-order valence-corrected chi connectivity index (χ3v) is 3.23. The number of carboxylic acids is 1. The standard InChI is InChI=1S/C12H15Cl2NO3/c1-12(11(16)17,15-5-6-18-2)9-4-3-8(13)7-10(9)14/h3-4,7,15H,5-6H2,1-2H3,(H,16,17). The maximum absolute atomic E-state index is 11.5. The van der Waals surface area contributed by atoms with E-state index in [0.717, 1.165) is 0 Å². The van der Waals surface area contributed by atoms with Crippen molar-refractivity contribution in [3.63, 3.8) is 0 Å². The largest absolute Gasteiger partial charge is 0.480 e. The van der Waals surface area contributed by atoms with Crippen molar-refractivity contribution in [3.05, 3.63) is 33.8 Å². The second-order valence-corrected chi connectivity index (χ2v) is 4.82. The van der Waals surface area contributed by atoms with Crippen molar-refractivity contribution < 1.29 is 14.6 Å². The van der Waals surface area contributed by atoms with Crippen LogP contribution in [-0.2, 0) is 15.1 Å². The molecule has 1 rings (SSSR count). The van der Waals surface area contributed by atoms with Crippen LogP contribution < -0.4 is 5.32 Å². The lowest BCUT2D eigenvalue weighted by atomic mass is 9.92. The third-order valence-electron chi connectivity index (χ3n) is 2.68. The first-order chi connectivity index (χ1) is 8.41. The van der Waals surface area contributed by atoms with Crippen molar-refractivity contribution in [1.82, 2.24) is 5.32 Å². The van der Waals surface area contributed by atoms with Gasteiger partial charge in [0.05, 0.1) is 6.61 Å². The fraction of sp³-hybridized carbons (Fsp3) is 0.417. The molecule has 0 saturated carbocycles. The molecule has 18 heavy (non-hydrogen) atoms. The maximum atomic E-state index is 11.5. The average Bonchev–Trinajstić information content (AvgIpc) is 2.28. The molecule has 2 N–H and O–H groups in total. The zero-order chi connectivity index (χ0) is 13.8. The van der Waals surface area contributed by atoms with Crippen LogP contribution in [0.15, 0.2) is 18.2 Å². The zero-order valence-corrected chi connectivity index (χ0v) is 11.7. The van der Waals surface area contributed by atoms with Crippen molar-refractivity contribution in [2.24, 2.45) is 0 Å². The van der Waals surface area contributed by atoms with E-state index < -0.39 is 11.5 Å². The lowest BCUT2D eigenvalue weighted by Gasteiger charge is -2.27. The topological polar surface area (TPSA) is 58.6 Å². The Balaban J connectivity index is 3.06. The number of carboxylic acid groups (broad SMARTS) is 1. The van der Waals surface area contributed by atoms with Gasteiger partial charge in [-0.1, -0.05) is 29.3 Å². The van der Waals surface area contributed by atoms with Gasteiger partial charge in [-0.2, -0.15) is 0 Å². The predicted molar refractivity (Wildman–Crippen MR) is 71.3 cm³/mol. The molecule has 0 aliphatic heterocycles. The number of ether oxygens (including phenoxy) is 1. The summed E-state index contributed by atoms with van der Waals surface area (Å²) >= 11 is 11.9. The minimum atomic E-state index is -1.28. The van der Waals surface area contributed by atoms with Gasteiger partial charge < -0.3 is 9.84 Å². The summed E-state index contributed by atoms with van der Waals surface area (Å²) in [7, 11) is 1.55. The van der Waals surface area contributed by atoms with E-state index in [4.69, 9.17) is 27.9 Å². The summed E-state index contributed by atoms with van der Waals surface area (Å²) in [6, 6.07) is 4.75. The van der Waals surface area contributed by atoms with Crippen molar-refractivity contribution in [2.45, 2.75) is 12.5 Å². The van der Waals surface area contributed by atoms with Crippen molar-refractivity contribution >= 4 is 29.2 Å². The second kappa shape index (κ2) is 6.38. The molecule has 0 heterocycles. The van der Waals surface area contributed by atoms with E-state index >= 15 is 0 Å². The highest BCUT2D eigenvalue weighted by molar-refractivity contribution is 6.35. The Morgan fingerprint density at radius 3 is 2.67 bits per heavy atom. The molecule has 0 radical (unpaired) electrons. The normalized spacial score (nSPS) is 14.2. The van der Waals surface area contributed by atoms with E-state index in [1.165, 1.54) is 6.07 Å². The molecule has 1 aromatic carbocycles. The van der Waals surface area contributed by atoms with Crippen LogP contribution in [0.25, 0.3) is 0 Å². The first kappa shape index (κ1) is 15.2. The van der Waals surface area contributed by atoms with E-state index in [1.807, 2.05) is 0 Å². The van der Waals surface area contributed by atoms with Crippen LogP contribution in [0.3, 0.4) is 0 Å². The molecular weight excluding hydrogens is 277 g/mol. The second-order valence-electron chi connectivity index (χ2n) is 3.97. The summed E-state index contributed by atoms with van der Waals surface area (Å²) in [5.74, 6) is -1.01. The minimum Gasteiger partial charge on any atom is -0.480 e. The van der Waals surface area contributed by atoms with Gasteiger partial charge in [-0.25, -0.2) is 4.79 Å².